The van der Waals surface area contributed by atoms with Gasteiger partial charge in [0, 0.05) is 41.8 Å². The minimum Gasteiger partial charge on any atom is -0.493 e. The van der Waals surface area contributed by atoms with Crippen LogP contribution in [0.2, 0.25) is 0 Å². The zero-order valence-corrected chi connectivity index (χ0v) is 30.6. The third kappa shape index (κ3) is 13.3. The van der Waals surface area contributed by atoms with Gasteiger partial charge in [0.2, 0.25) is 0 Å². The predicted octanol–water partition coefficient (Wildman–Crippen LogP) is 7.65. The fourth-order valence-corrected chi connectivity index (χ4v) is 5.12. The van der Waals surface area contributed by atoms with Gasteiger partial charge in [-0.1, -0.05) is 68.3 Å². The molecule has 0 atom stereocenters. The normalized spacial score (nSPS) is 10.4. The summed E-state index contributed by atoms with van der Waals surface area (Å²) < 4.78 is 32.7. The van der Waals surface area contributed by atoms with Gasteiger partial charge in [-0.25, -0.2) is 19.2 Å². The number of benzene rings is 4. The van der Waals surface area contributed by atoms with Crippen LogP contribution in [0.5, 0.6) is 17.2 Å². The van der Waals surface area contributed by atoms with Crippen LogP contribution in [0.4, 0.5) is 0 Å². The lowest BCUT2D eigenvalue weighted by Gasteiger charge is -2.17. The van der Waals surface area contributed by atoms with Crippen molar-refractivity contribution in [1.82, 2.24) is 0 Å². The van der Waals surface area contributed by atoms with Crippen LogP contribution < -0.4 is 14.2 Å². The lowest BCUT2D eigenvalue weighted by atomic mass is 9.99. The average molecular weight is 746 g/mol. The molecule has 0 spiro atoms. The highest BCUT2D eigenvalue weighted by Crippen LogP contribution is 2.28. The van der Waals surface area contributed by atoms with E-state index in [9.17, 15) is 19.2 Å². The number of rotatable bonds is 21. The molecule has 0 aliphatic heterocycles. The highest BCUT2D eigenvalue weighted by molar-refractivity contribution is 6.01. The monoisotopic (exact) mass is 745 g/mol. The van der Waals surface area contributed by atoms with Crippen molar-refractivity contribution in [2.24, 2.45) is 5.92 Å². The molecule has 55 heavy (non-hydrogen) atoms. The molecule has 11 nitrogen and oxygen atoms in total. The summed E-state index contributed by atoms with van der Waals surface area (Å²) in [6.45, 7) is 12.7. The summed E-state index contributed by atoms with van der Waals surface area (Å²) in [5.41, 5.74) is 4.70. The number of hydrogen-bond acceptors (Lipinski definition) is 11. The van der Waals surface area contributed by atoms with Crippen LogP contribution in [0.1, 0.15) is 40.4 Å². The molecule has 284 valence electrons. The third-order valence-electron chi connectivity index (χ3n) is 8.04. The van der Waals surface area contributed by atoms with Crippen molar-refractivity contribution in [3.63, 3.8) is 0 Å². The Balaban J connectivity index is 1.30. The van der Waals surface area contributed by atoms with E-state index in [0.717, 1.165) is 46.2 Å². The topological polar surface area (TPSA) is 148 Å². The minimum absolute atomic E-state index is 0.00510. The Morgan fingerprint density at radius 2 is 1.20 bits per heavy atom. The van der Waals surface area contributed by atoms with Crippen LogP contribution in [0, 0.1) is 11.3 Å². The maximum absolute atomic E-state index is 13.1. The van der Waals surface area contributed by atoms with Crippen molar-refractivity contribution < 1.29 is 47.6 Å². The number of hydrogen-bond donors (Lipinski definition) is 1. The molecular weight excluding hydrogens is 702 g/mol. The van der Waals surface area contributed by atoms with Crippen molar-refractivity contribution in [2.75, 3.05) is 26.4 Å². The summed E-state index contributed by atoms with van der Waals surface area (Å²) in [6, 6.07) is 27.3. The lowest BCUT2D eigenvalue weighted by Crippen LogP contribution is -2.22. The SMILES string of the molecule is C=CC(=O)OCCCOc1ccc(-c2ccc(COc3ccc(OC(=O)c4ccc(CC(COC(=O)C=C)COC(=O)C=C)cc4)c(C(C)=N)c3)cc2)cc1. The lowest BCUT2D eigenvalue weighted by molar-refractivity contribution is -0.143. The standard InChI is InChI=1S/C44H43NO10/c1-5-41(46)51-24-8-23-50-37-19-17-35(18-20-37)34-13-11-32(12-14-34)27-52-38-21-22-40(39(26-38)30(4)45)55-44(49)36-15-9-31(10-16-36)25-33(28-53-42(47)6-2)29-54-43(48)7-3/h5-7,9-22,26,33,45H,1-3,8,23-25,27-29H2,4H3. The first-order valence-corrected chi connectivity index (χ1v) is 17.4. The molecule has 0 saturated carbocycles. The van der Waals surface area contributed by atoms with Gasteiger partial charge in [0.05, 0.1) is 32.0 Å². The van der Waals surface area contributed by atoms with Gasteiger partial charge in [-0.3, -0.25) is 0 Å². The molecule has 4 rings (SSSR count). The fourth-order valence-electron chi connectivity index (χ4n) is 5.12. The number of nitrogens with one attached hydrogen (secondary N) is 1. The molecular formula is C44H43NO10. The Labute approximate surface area is 320 Å². The first-order valence-electron chi connectivity index (χ1n) is 17.4. The highest BCUT2D eigenvalue weighted by Gasteiger charge is 2.17. The van der Waals surface area contributed by atoms with E-state index in [0.29, 0.717) is 36.3 Å². The maximum Gasteiger partial charge on any atom is 0.343 e. The maximum atomic E-state index is 13.1. The molecule has 1 N–H and O–H groups in total. The Hall–Kier alpha value is -6.75. The van der Waals surface area contributed by atoms with Gasteiger partial charge in [0.15, 0.2) is 0 Å². The average Bonchev–Trinajstić information content (AvgIpc) is 3.21. The van der Waals surface area contributed by atoms with E-state index in [1.54, 1.807) is 49.4 Å². The molecule has 0 unspecified atom stereocenters. The summed E-state index contributed by atoms with van der Waals surface area (Å²) in [5, 5.41) is 8.30. The molecule has 0 aromatic heterocycles. The molecule has 0 aliphatic rings. The minimum atomic E-state index is -0.606. The quantitative estimate of drug-likeness (QED) is 0.0225. The summed E-state index contributed by atoms with van der Waals surface area (Å²) in [5.74, 6) is -1.12. The van der Waals surface area contributed by atoms with Gasteiger partial charge >= 0.3 is 23.9 Å². The molecule has 4 aromatic rings. The second kappa shape index (κ2) is 21.1. The number of esters is 4. The molecule has 4 aromatic carbocycles. The number of carbonyl (C=O) groups is 4. The first kappa shape index (κ1) is 41.0. The van der Waals surface area contributed by atoms with Gasteiger partial charge in [-0.2, -0.15) is 0 Å². The van der Waals surface area contributed by atoms with Crippen molar-refractivity contribution >= 4 is 29.6 Å². The highest BCUT2D eigenvalue weighted by atomic mass is 16.6. The molecule has 0 aliphatic carbocycles. The van der Waals surface area contributed by atoms with Crippen LogP contribution in [-0.2, 0) is 41.6 Å². The zero-order chi connectivity index (χ0) is 39.6. The van der Waals surface area contributed by atoms with E-state index in [1.807, 2.05) is 48.5 Å². The second-order valence-corrected chi connectivity index (χ2v) is 12.2. The van der Waals surface area contributed by atoms with Crippen LogP contribution in [-0.4, -0.2) is 56.0 Å². The van der Waals surface area contributed by atoms with Crippen LogP contribution in [0.15, 0.2) is 129 Å². The molecule has 11 heteroatoms. The van der Waals surface area contributed by atoms with Gasteiger partial charge in [-0.05, 0) is 78.1 Å². The summed E-state index contributed by atoms with van der Waals surface area (Å²) in [7, 11) is 0. The summed E-state index contributed by atoms with van der Waals surface area (Å²) >= 11 is 0. The van der Waals surface area contributed by atoms with E-state index < -0.39 is 23.9 Å². The van der Waals surface area contributed by atoms with E-state index in [1.165, 1.54) is 0 Å². The van der Waals surface area contributed by atoms with Crippen LogP contribution in [0.3, 0.4) is 0 Å². The second-order valence-electron chi connectivity index (χ2n) is 12.2. The summed E-state index contributed by atoms with van der Waals surface area (Å²) in [6.07, 6.45) is 4.21. The number of ether oxygens (including phenoxy) is 6. The van der Waals surface area contributed by atoms with Gasteiger partial charge in [-0.15, -0.1) is 0 Å². The molecule has 0 radical (unpaired) electrons. The van der Waals surface area contributed by atoms with Crippen LogP contribution in [0.25, 0.3) is 11.1 Å². The number of carbonyl (C=O) groups excluding carboxylic acids is 4. The van der Waals surface area contributed by atoms with Crippen molar-refractivity contribution in [3.8, 4) is 28.4 Å². The Kier molecular flexibility index (Phi) is 15.7. The molecule has 0 heterocycles. The Morgan fingerprint density at radius 3 is 1.78 bits per heavy atom. The van der Waals surface area contributed by atoms with Gasteiger partial charge in [0.25, 0.3) is 0 Å². The molecule has 0 saturated heterocycles. The van der Waals surface area contributed by atoms with Gasteiger partial charge in [0.1, 0.15) is 23.9 Å². The summed E-state index contributed by atoms with van der Waals surface area (Å²) in [4.78, 5) is 47.3. The van der Waals surface area contributed by atoms with E-state index in [2.05, 4.69) is 19.7 Å². The van der Waals surface area contributed by atoms with Crippen molar-refractivity contribution in [2.45, 2.75) is 26.4 Å². The van der Waals surface area contributed by atoms with E-state index in [4.69, 9.17) is 33.8 Å². The smallest absolute Gasteiger partial charge is 0.343 e. The largest absolute Gasteiger partial charge is 0.493 e. The van der Waals surface area contributed by atoms with E-state index >= 15 is 0 Å². The molecule has 0 fully saturated rings. The Morgan fingerprint density at radius 1 is 0.655 bits per heavy atom. The first-order chi connectivity index (χ1) is 26.6. The molecule has 0 bridgehead atoms. The molecule has 0 amide bonds. The Bertz CT molecular complexity index is 1960. The van der Waals surface area contributed by atoms with E-state index in [-0.39, 0.29) is 43.8 Å². The van der Waals surface area contributed by atoms with Crippen molar-refractivity contribution in [3.05, 3.63) is 151 Å². The van der Waals surface area contributed by atoms with Crippen molar-refractivity contribution in [1.29, 1.82) is 5.41 Å². The third-order valence-corrected chi connectivity index (χ3v) is 8.04. The fraction of sp³-hybridized carbons (Fsp3) is 0.205. The van der Waals surface area contributed by atoms with Crippen LogP contribution >= 0.6 is 0 Å². The van der Waals surface area contributed by atoms with Gasteiger partial charge < -0.3 is 33.8 Å². The predicted molar refractivity (Wildman–Crippen MR) is 207 cm³/mol. The zero-order valence-electron chi connectivity index (χ0n) is 30.6.